The number of unbranched alkanes of at least 4 members (excludes halogenated alkanes) is 2. The number of nitrogens with one attached hydrogen (secondary N) is 2. The first kappa shape index (κ1) is 36.6. The van der Waals surface area contributed by atoms with Crippen LogP contribution >= 0.6 is 46.4 Å². The first-order chi connectivity index (χ1) is 20.3. The van der Waals surface area contributed by atoms with E-state index in [0.29, 0.717) is 51.2 Å². The number of halogens is 7. The number of carbonyl (C=O) groups is 3. The highest BCUT2D eigenvalue weighted by Crippen LogP contribution is 2.26. The SMILES string of the molecule is O=C(COc1ccc(Cl)c(Cl)c1)NCCCCCN1CCCN(C(=O)Nc2ccc(Cl)c(Cl)c2)CC1.O=C(O)C(F)(F)F. The zero-order valence-electron chi connectivity index (χ0n) is 22.9. The van der Waals surface area contributed by atoms with Crippen LogP contribution in [0.3, 0.4) is 0 Å². The monoisotopic (exact) mass is 688 g/mol. The van der Waals surface area contributed by atoms with Crippen LogP contribution in [0.4, 0.5) is 23.7 Å². The molecule has 3 N–H and O–H groups in total. The lowest BCUT2D eigenvalue weighted by Gasteiger charge is -2.22. The second kappa shape index (κ2) is 18.2. The Morgan fingerprint density at radius 2 is 1.51 bits per heavy atom. The van der Waals surface area contributed by atoms with Gasteiger partial charge in [-0.2, -0.15) is 13.2 Å². The fourth-order valence-corrected chi connectivity index (χ4v) is 4.39. The van der Waals surface area contributed by atoms with Gasteiger partial charge in [0.15, 0.2) is 6.61 Å². The Kier molecular flexibility index (Phi) is 15.5. The van der Waals surface area contributed by atoms with E-state index in [2.05, 4.69) is 15.5 Å². The van der Waals surface area contributed by atoms with Gasteiger partial charge in [-0.25, -0.2) is 9.59 Å². The van der Waals surface area contributed by atoms with Crippen LogP contribution in [0.25, 0.3) is 0 Å². The molecular weight excluding hydrogens is 659 g/mol. The molecule has 1 fully saturated rings. The topological polar surface area (TPSA) is 111 Å². The van der Waals surface area contributed by atoms with Crippen LogP contribution in [0, 0.1) is 0 Å². The number of carbonyl (C=O) groups excluding carboxylic acids is 2. The van der Waals surface area contributed by atoms with E-state index >= 15 is 0 Å². The summed E-state index contributed by atoms with van der Waals surface area (Å²) < 4.78 is 37.2. The predicted molar refractivity (Wildman–Crippen MR) is 161 cm³/mol. The smallest absolute Gasteiger partial charge is 0.484 e. The van der Waals surface area contributed by atoms with E-state index in [1.165, 1.54) is 0 Å². The molecule has 43 heavy (non-hydrogen) atoms. The molecule has 1 saturated heterocycles. The maximum atomic E-state index is 12.6. The van der Waals surface area contributed by atoms with Crippen molar-refractivity contribution >= 4 is 70.0 Å². The number of ether oxygens (including phenoxy) is 1. The fourth-order valence-electron chi connectivity index (χ4n) is 3.81. The Morgan fingerprint density at radius 3 is 2.14 bits per heavy atom. The number of carboxylic acids is 1. The van der Waals surface area contributed by atoms with E-state index in [1.807, 2.05) is 4.90 Å². The lowest BCUT2D eigenvalue weighted by Crippen LogP contribution is -2.38. The second-order valence-electron chi connectivity index (χ2n) is 9.32. The summed E-state index contributed by atoms with van der Waals surface area (Å²) in [6.45, 7) is 4.67. The number of hydrogen-bond acceptors (Lipinski definition) is 5. The Labute approximate surface area is 267 Å². The average Bonchev–Trinajstić information content (AvgIpc) is 3.19. The van der Waals surface area contributed by atoms with Crippen molar-refractivity contribution in [3.8, 4) is 5.75 Å². The van der Waals surface area contributed by atoms with Gasteiger partial charge >= 0.3 is 18.2 Å². The van der Waals surface area contributed by atoms with Crippen molar-refractivity contribution in [3.63, 3.8) is 0 Å². The minimum absolute atomic E-state index is 0.0686. The third-order valence-corrected chi connectivity index (χ3v) is 7.50. The van der Waals surface area contributed by atoms with Crippen molar-refractivity contribution in [2.75, 3.05) is 51.2 Å². The highest BCUT2D eigenvalue weighted by molar-refractivity contribution is 6.42. The van der Waals surface area contributed by atoms with Crippen LogP contribution in [-0.2, 0) is 9.59 Å². The van der Waals surface area contributed by atoms with Crippen molar-refractivity contribution < 1.29 is 37.4 Å². The van der Waals surface area contributed by atoms with Gasteiger partial charge in [0.05, 0.1) is 20.1 Å². The molecule has 0 bridgehead atoms. The van der Waals surface area contributed by atoms with E-state index in [0.717, 1.165) is 45.3 Å². The molecule has 0 atom stereocenters. The zero-order valence-corrected chi connectivity index (χ0v) is 25.9. The second-order valence-corrected chi connectivity index (χ2v) is 10.9. The predicted octanol–water partition coefficient (Wildman–Crippen LogP) is 6.84. The number of hydrogen-bond donors (Lipinski definition) is 3. The summed E-state index contributed by atoms with van der Waals surface area (Å²) in [4.78, 5) is 37.7. The molecule has 0 unspecified atom stereocenters. The molecular formula is C27H31Cl4F3N4O5. The summed E-state index contributed by atoms with van der Waals surface area (Å²) in [5, 5.41) is 14.6. The molecule has 2 aromatic rings. The van der Waals surface area contributed by atoms with E-state index in [9.17, 15) is 22.8 Å². The molecule has 0 aromatic heterocycles. The molecule has 1 aliphatic rings. The van der Waals surface area contributed by atoms with Crippen molar-refractivity contribution in [2.24, 2.45) is 0 Å². The summed E-state index contributed by atoms with van der Waals surface area (Å²) in [7, 11) is 0. The summed E-state index contributed by atoms with van der Waals surface area (Å²) in [6.07, 6.45) is -1.23. The number of rotatable bonds is 10. The number of carboxylic acid groups (broad SMARTS) is 1. The molecule has 0 aliphatic carbocycles. The Balaban J connectivity index is 0.000000821. The lowest BCUT2D eigenvalue weighted by atomic mass is 10.2. The summed E-state index contributed by atoms with van der Waals surface area (Å²) in [5.74, 6) is -2.43. The standard InChI is InChI=1S/C25H30Cl4N4O3.C2HF3O2/c26-20-7-5-18(15-22(20)28)31-25(35)33-12-4-11-32(13-14-33)10-3-1-2-9-30-24(34)17-36-19-6-8-21(27)23(29)16-19;3-2(4,5)1(6)7/h5-8,15-16H,1-4,9-14,17H2,(H,30,34)(H,31,35);(H,6,7). The number of benzene rings is 2. The van der Waals surface area contributed by atoms with Crippen LogP contribution in [0.5, 0.6) is 5.75 Å². The normalized spacial score (nSPS) is 13.8. The molecule has 3 rings (SSSR count). The average molecular weight is 690 g/mol. The van der Waals surface area contributed by atoms with Crippen LogP contribution in [0.15, 0.2) is 36.4 Å². The van der Waals surface area contributed by atoms with Crippen molar-refractivity contribution in [3.05, 3.63) is 56.5 Å². The Hall–Kier alpha value is -2.64. The number of aliphatic carboxylic acids is 1. The lowest BCUT2D eigenvalue weighted by molar-refractivity contribution is -0.192. The summed E-state index contributed by atoms with van der Waals surface area (Å²) >= 11 is 23.8. The third-order valence-electron chi connectivity index (χ3n) is 6.02. The van der Waals surface area contributed by atoms with Gasteiger partial charge in [-0.3, -0.25) is 4.79 Å². The largest absolute Gasteiger partial charge is 0.490 e. The number of nitrogens with zero attached hydrogens (tertiary/aromatic N) is 2. The van der Waals surface area contributed by atoms with Gasteiger partial charge in [0, 0.05) is 37.9 Å². The van der Waals surface area contributed by atoms with E-state index in [-0.39, 0.29) is 18.5 Å². The molecule has 3 amide bonds. The van der Waals surface area contributed by atoms with Gasteiger partial charge in [0.1, 0.15) is 5.75 Å². The first-order valence-electron chi connectivity index (χ1n) is 13.1. The van der Waals surface area contributed by atoms with E-state index in [1.54, 1.807) is 36.4 Å². The molecule has 238 valence electrons. The van der Waals surface area contributed by atoms with Gasteiger partial charge < -0.3 is 30.3 Å². The van der Waals surface area contributed by atoms with Gasteiger partial charge in [-0.05, 0) is 62.7 Å². The third kappa shape index (κ3) is 14.1. The van der Waals surface area contributed by atoms with Gasteiger partial charge in [0.2, 0.25) is 0 Å². The molecule has 0 radical (unpaired) electrons. The van der Waals surface area contributed by atoms with Crippen LogP contribution in [0.2, 0.25) is 20.1 Å². The summed E-state index contributed by atoms with van der Waals surface area (Å²) in [6, 6.07) is 9.81. The number of anilines is 1. The molecule has 1 aliphatic heterocycles. The van der Waals surface area contributed by atoms with Crippen molar-refractivity contribution in [2.45, 2.75) is 31.9 Å². The molecule has 0 spiro atoms. The Morgan fingerprint density at radius 1 is 0.860 bits per heavy atom. The minimum atomic E-state index is -5.08. The number of amides is 3. The number of alkyl halides is 3. The van der Waals surface area contributed by atoms with Crippen molar-refractivity contribution in [1.29, 1.82) is 0 Å². The highest BCUT2D eigenvalue weighted by atomic mass is 35.5. The van der Waals surface area contributed by atoms with Gasteiger partial charge in [0.25, 0.3) is 5.91 Å². The van der Waals surface area contributed by atoms with E-state index in [4.69, 9.17) is 61.0 Å². The molecule has 1 heterocycles. The van der Waals surface area contributed by atoms with Gasteiger partial charge in [-0.1, -0.05) is 52.8 Å². The maximum absolute atomic E-state index is 12.6. The van der Waals surface area contributed by atoms with Crippen LogP contribution < -0.4 is 15.4 Å². The maximum Gasteiger partial charge on any atom is 0.490 e. The molecule has 0 saturated carbocycles. The molecule has 2 aromatic carbocycles. The zero-order chi connectivity index (χ0) is 32.0. The molecule has 9 nitrogen and oxygen atoms in total. The van der Waals surface area contributed by atoms with E-state index < -0.39 is 12.1 Å². The summed E-state index contributed by atoms with van der Waals surface area (Å²) in [5.41, 5.74) is 0.628. The first-order valence-corrected chi connectivity index (χ1v) is 14.7. The van der Waals surface area contributed by atoms with Crippen LogP contribution in [0.1, 0.15) is 25.7 Å². The van der Waals surface area contributed by atoms with Crippen LogP contribution in [-0.4, -0.2) is 84.9 Å². The minimum Gasteiger partial charge on any atom is -0.484 e. The highest BCUT2D eigenvalue weighted by Gasteiger charge is 2.38. The fraction of sp³-hybridized carbons (Fsp3) is 0.444. The van der Waals surface area contributed by atoms with Crippen molar-refractivity contribution in [1.82, 2.24) is 15.1 Å². The Bertz CT molecular complexity index is 1240. The quantitative estimate of drug-likeness (QED) is 0.236. The molecule has 16 heteroatoms. The van der Waals surface area contributed by atoms with Gasteiger partial charge in [-0.15, -0.1) is 0 Å². The number of urea groups is 1.